The van der Waals surface area contributed by atoms with Crippen molar-refractivity contribution in [2.45, 2.75) is 51.4 Å². The van der Waals surface area contributed by atoms with Gasteiger partial charge in [-0.05, 0) is 32.8 Å². The Bertz CT molecular complexity index is 686. The van der Waals surface area contributed by atoms with Gasteiger partial charge in [-0.3, -0.25) is 0 Å². The minimum Gasteiger partial charge on any atom is -0.315 e. The summed E-state index contributed by atoms with van der Waals surface area (Å²) in [7, 11) is 0. The van der Waals surface area contributed by atoms with Gasteiger partial charge in [-0.1, -0.05) is 18.7 Å². The van der Waals surface area contributed by atoms with Crippen LogP contribution in [-0.4, -0.2) is 25.0 Å². The molecule has 110 valence electrons. The van der Waals surface area contributed by atoms with E-state index in [1.54, 1.807) is 0 Å². The molecule has 0 saturated heterocycles. The number of thioether (sulfide) groups is 1. The summed E-state index contributed by atoms with van der Waals surface area (Å²) in [6.45, 7) is 8.74. The van der Waals surface area contributed by atoms with E-state index in [0.29, 0.717) is 16.3 Å². The summed E-state index contributed by atoms with van der Waals surface area (Å²) in [5.74, 6) is 2.45. The largest absolute Gasteiger partial charge is 0.315 e. The molecule has 2 aromatic heterocycles. The third kappa shape index (κ3) is 3.22. The minimum atomic E-state index is 0.603. The van der Waals surface area contributed by atoms with Crippen LogP contribution in [0.25, 0.3) is 0 Å². The lowest BCUT2D eigenvalue weighted by Gasteiger charge is -2.08. The molecule has 0 atom stereocenters. The summed E-state index contributed by atoms with van der Waals surface area (Å²) in [5, 5.41) is 26.5. The second-order valence-corrected chi connectivity index (χ2v) is 5.77. The standard InChI is InChI=1S/C14H18N6S/c1-5-6-20-11(4)17-18-13(20)8-21-14-12(7-15)9(2)10(3)16-19-14/h5-6,8H2,1-4H3. The lowest BCUT2D eigenvalue weighted by Crippen LogP contribution is -2.05. The van der Waals surface area contributed by atoms with Gasteiger partial charge in [-0.2, -0.15) is 10.4 Å². The van der Waals surface area contributed by atoms with Crippen molar-refractivity contribution < 1.29 is 0 Å². The highest BCUT2D eigenvalue weighted by Gasteiger charge is 2.14. The van der Waals surface area contributed by atoms with Crippen molar-refractivity contribution in [1.29, 1.82) is 5.26 Å². The summed E-state index contributed by atoms with van der Waals surface area (Å²) in [4.78, 5) is 0. The lowest BCUT2D eigenvalue weighted by molar-refractivity contribution is 0.636. The average molecular weight is 302 g/mol. The molecule has 0 N–H and O–H groups in total. The molecule has 6 nitrogen and oxygen atoms in total. The van der Waals surface area contributed by atoms with Gasteiger partial charge in [-0.15, -0.1) is 15.3 Å². The molecule has 0 spiro atoms. The zero-order valence-electron chi connectivity index (χ0n) is 12.7. The molecule has 0 aliphatic rings. The van der Waals surface area contributed by atoms with Crippen molar-refractivity contribution in [2.24, 2.45) is 0 Å². The van der Waals surface area contributed by atoms with E-state index >= 15 is 0 Å². The highest BCUT2D eigenvalue weighted by atomic mass is 32.2. The number of aromatic nitrogens is 5. The second kappa shape index (κ2) is 6.68. The predicted molar refractivity (Wildman–Crippen MR) is 80.8 cm³/mol. The number of hydrogen-bond acceptors (Lipinski definition) is 6. The van der Waals surface area contributed by atoms with Crippen LogP contribution in [0.3, 0.4) is 0 Å². The van der Waals surface area contributed by atoms with E-state index in [-0.39, 0.29) is 0 Å². The molecular weight excluding hydrogens is 284 g/mol. The second-order valence-electron chi connectivity index (χ2n) is 4.81. The average Bonchev–Trinajstić information content (AvgIpc) is 2.82. The van der Waals surface area contributed by atoms with E-state index in [9.17, 15) is 5.26 Å². The number of nitriles is 1. The molecule has 0 aliphatic carbocycles. The van der Waals surface area contributed by atoms with Crippen LogP contribution in [-0.2, 0) is 12.3 Å². The van der Waals surface area contributed by atoms with Crippen LogP contribution in [0.5, 0.6) is 0 Å². The van der Waals surface area contributed by atoms with Crippen LogP contribution in [0.4, 0.5) is 0 Å². The highest BCUT2D eigenvalue weighted by Crippen LogP contribution is 2.25. The number of nitrogens with zero attached hydrogens (tertiary/aromatic N) is 6. The molecular formula is C14H18N6S. The quantitative estimate of drug-likeness (QED) is 0.790. The first-order chi connectivity index (χ1) is 10.1. The summed E-state index contributed by atoms with van der Waals surface area (Å²) < 4.78 is 2.10. The summed E-state index contributed by atoms with van der Waals surface area (Å²) in [6, 6.07) is 2.22. The number of rotatable bonds is 5. The van der Waals surface area contributed by atoms with Gasteiger partial charge in [0.1, 0.15) is 22.7 Å². The minimum absolute atomic E-state index is 0.603. The molecule has 0 unspecified atom stereocenters. The predicted octanol–water partition coefficient (Wildman–Crippen LogP) is 2.57. The van der Waals surface area contributed by atoms with Crippen LogP contribution in [0, 0.1) is 32.1 Å². The normalized spacial score (nSPS) is 10.6. The van der Waals surface area contributed by atoms with E-state index in [1.807, 2.05) is 20.8 Å². The SMILES string of the molecule is CCCn1c(C)nnc1CSc1nnc(C)c(C)c1C#N. The van der Waals surface area contributed by atoms with Crippen molar-refractivity contribution in [2.75, 3.05) is 0 Å². The Morgan fingerprint density at radius 2 is 1.90 bits per heavy atom. The zero-order valence-corrected chi connectivity index (χ0v) is 13.5. The molecule has 0 radical (unpaired) electrons. The Morgan fingerprint density at radius 3 is 2.57 bits per heavy atom. The van der Waals surface area contributed by atoms with Gasteiger partial charge in [0.05, 0.1) is 17.0 Å². The zero-order chi connectivity index (χ0) is 15.4. The lowest BCUT2D eigenvalue weighted by atomic mass is 10.1. The van der Waals surface area contributed by atoms with Gasteiger partial charge >= 0.3 is 0 Å². The molecule has 0 fully saturated rings. The summed E-state index contributed by atoms with van der Waals surface area (Å²) in [5.41, 5.74) is 2.29. The van der Waals surface area contributed by atoms with Gasteiger partial charge in [-0.25, -0.2) is 0 Å². The molecule has 2 rings (SSSR count). The third-order valence-electron chi connectivity index (χ3n) is 3.33. The van der Waals surface area contributed by atoms with Crippen LogP contribution >= 0.6 is 11.8 Å². The smallest absolute Gasteiger partial charge is 0.143 e. The maximum Gasteiger partial charge on any atom is 0.143 e. The topological polar surface area (TPSA) is 80.3 Å². The van der Waals surface area contributed by atoms with Crippen molar-refractivity contribution in [3.05, 3.63) is 28.5 Å². The van der Waals surface area contributed by atoms with E-state index < -0.39 is 0 Å². The maximum absolute atomic E-state index is 9.30. The van der Waals surface area contributed by atoms with Crippen molar-refractivity contribution in [3.63, 3.8) is 0 Å². The van der Waals surface area contributed by atoms with Crippen LogP contribution in [0.1, 0.15) is 41.8 Å². The fraction of sp³-hybridized carbons (Fsp3) is 0.500. The summed E-state index contributed by atoms with van der Waals surface area (Å²) in [6.07, 6.45) is 1.03. The molecule has 0 saturated carbocycles. The van der Waals surface area contributed by atoms with Gasteiger partial charge in [0.15, 0.2) is 0 Å². The van der Waals surface area contributed by atoms with E-state index in [1.165, 1.54) is 11.8 Å². The van der Waals surface area contributed by atoms with E-state index in [2.05, 4.69) is 38.0 Å². The maximum atomic E-state index is 9.30. The fourth-order valence-corrected chi connectivity index (χ4v) is 2.92. The van der Waals surface area contributed by atoms with Gasteiger partial charge < -0.3 is 4.57 Å². The first-order valence-electron chi connectivity index (χ1n) is 6.83. The van der Waals surface area contributed by atoms with Crippen LogP contribution in [0.15, 0.2) is 5.03 Å². The van der Waals surface area contributed by atoms with E-state index in [4.69, 9.17) is 0 Å². The number of hydrogen-bond donors (Lipinski definition) is 0. The van der Waals surface area contributed by atoms with Crippen molar-refractivity contribution >= 4 is 11.8 Å². The molecule has 0 bridgehead atoms. The molecule has 0 aliphatic heterocycles. The van der Waals surface area contributed by atoms with Crippen LogP contribution < -0.4 is 0 Å². The highest BCUT2D eigenvalue weighted by molar-refractivity contribution is 7.98. The Hall–Kier alpha value is -1.94. The Kier molecular flexibility index (Phi) is 4.91. The van der Waals surface area contributed by atoms with Crippen molar-refractivity contribution in [3.8, 4) is 6.07 Å². The Labute approximate surface area is 128 Å². The van der Waals surface area contributed by atoms with Crippen molar-refractivity contribution in [1.82, 2.24) is 25.0 Å². The third-order valence-corrected chi connectivity index (χ3v) is 4.29. The molecule has 2 aromatic rings. The Morgan fingerprint density at radius 1 is 1.14 bits per heavy atom. The summed E-state index contributed by atoms with van der Waals surface area (Å²) >= 11 is 1.48. The first-order valence-corrected chi connectivity index (χ1v) is 7.82. The molecule has 0 amide bonds. The number of aryl methyl sites for hydroxylation is 2. The molecule has 0 aromatic carbocycles. The Balaban J connectivity index is 2.22. The molecule has 21 heavy (non-hydrogen) atoms. The first kappa shape index (κ1) is 15.4. The molecule has 2 heterocycles. The molecule has 7 heteroatoms. The fourth-order valence-electron chi connectivity index (χ4n) is 2.00. The van der Waals surface area contributed by atoms with Gasteiger partial charge in [0, 0.05) is 6.54 Å². The monoisotopic (exact) mass is 302 g/mol. The van der Waals surface area contributed by atoms with E-state index in [0.717, 1.165) is 35.9 Å². The van der Waals surface area contributed by atoms with Gasteiger partial charge in [0.2, 0.25) is 0 Å². The van der Waals surface area contributed by atoms with Gasteiger partial charge in [0.25, 0.3) is 0 Å². The van der Waals surface area contributed by atoms with Crippen LogP contribution in [0.2, 0.25) is 0 Å².